The Hall–Kier alpha value is -0.880. The monoisotopic (exact) mass is 301 g/mol. The Kier molecular flexibility index (Phi) is 4.99. The number of hydrogen-bond donors (Lipinski definition) is 1. The SMILES string of the molecule is CC1CN(C(=O)/C=C/c2ccc(Cl)s2)CC(CO)O1. The van der Waals surface area contributed by atoms with Gasteiger partial charge in [-0.15, -0.1) is 11.3 Å². The number of ether oxygens (including phenoxy) is 1. The molecule has 1 fully saturated rings. The van der Waals surface area contributed by atoms with E-state index in [2.05, 4.69) is 0 Å². The molecule has 0 aromatic carbocycles. The van der Waals surface area contributed by atoms with Gasteiger partial charge in [-0.1, -0.05) is 11.6 Å². The highest BCUT2D eigenvalue weighted by molar-refractivity contribution is 7.17. The maximum absolute atomic E-state index is 12.1. The highest BCUT2D eigenvalue weighted by atomic mass is 35.5. The molecule has 104 valence electrons. The van der Waals surface area contributed by atoms with Crippen LogP contribution in [0.5, 0.6) is 0 Å². The molecule has 0 saturated carbocycles. The number of morpholine rings is 1. The Labute approximate surface area is 121 Å². The van der Waals surface area contributed by atoms with Gasteiger partial charge in [0.2, 0.25) is 5.91 Å². The fraction of sp³-hybridized carbons (Fsp3) is 0.462. The quantitative estimate of drug-likeness (QED) is 0.869. The number of amides is 1. The summed E-state index contributed by atoms with van der Waals surface area (Å²) in [6.07, 6.45) is 2.94. The largest absolute Gasteiger partial charge is 0.394 e. The minimum absolute atomic E-state index is 0.0561. The second-order valence-electron chi connectivity index (χ2n) is 4.47. The molecule has 1 amide bonds. The second-order valence-corrected chi connectivity index (χ2v) is 6.22. The minimum atomic E-state index is -0.294. The van der Waals surface area contributed by atoms with E-state index in [0.717, 1.165) is 4.88 Å². The van der Waals surface area contributed by atoms with Crippen molar-refractivity contribution in [1.29, 1.82) is 0 Å². The van der Waals surface area contributed by atoms with Gasteiger partial charge in [0, 0.05) is 24.0 Å². The first-order valence-corrected chi connectivity index (χ1v) is 7.26. The molecule has 2 atom stereocenters. The zero-order valence-corrected chi connectivity index (χ0v) is 12.2. The number of carbonyl (C=O) groups excluding carboxylic acids is 1. The fourth-order valence-electron chi connectivity index (χ4n) is 2.00. The molecule has 1 aliphatic heterocycles. The smallest absolute Gasteiger partial charge is 0.246 e. The van der Waals surface area contributed by atoms with Crippen molar-refractivity contribution in [2.75, 3.05) is 19.7 Å². The summed E-state index contributed by atoms with van der Waals surface area (Å²) in [6, 6.07) is 3.67. The molecule has 1 aliphatic rings. The average molecular weight is 302 g/mol. The van der Waals surface area contributed by atoms with Crippen LogP contribution in [0.2, 0.25) is 4.34 Å². The van der Waals surface area contributed by atoms with Gasteiger partial charge >= 0.3 is 0 Å². The summed E-state index contributed by atoms with van der Waals surface area (Å²) in [5.41, 5.74) is 0. The molecule has 1 N–H and O–H groups in total. The molecule has 2 rings (SSSR count). The van der Waals surface area contributed by atoms with Crippen molar-refractivity contribution < 1.29 is 14.6 Å². The molecule has 1 saturated heterocycles. The number of rotatable bonds is 3. The third-order valence-corrected chi connectivity index (χ3v) is 4.02. The van der Waals surface area contributed by atoms with Crippen LogP contribution in [-0.2, 0) is 9.53 Å². The normalized spacial score (nSPS) is 24.1. The number of aliphatic hydroxyl groups excluding tert-OH is 1. The van der Waals surface area contributed by atoms with Crippen LogP contribution >= 0.6 is 22.9 Å². The molecule has 6 heteroatoms. The van der Waals surface area contributed by atoms with Crippen molar-refractivity contribution in [3.63, 3.8) is 0 Å². The van der Waals surface area contributed by atoms with Gasteiger partial charge in [-0.25, -0.2) is 0 Å². The van der Waals surface area contributed by atoms with E-state index in [1.165, 1.54) is 17.4 Å². The highest BCUT2D eigenvalue weighted by Crippen LogP contribution is 2.22. The number of hydrogen-bond acceptors (Lipinski definition) is 4. The molecular weight excluding hydrogens is 286 g/mol. The van der Waals surface area contributed by atoms with Crippen LogP contribution in [0.1, 0.15) is 11.8 Å². The van der Waals surface area contributed by atoms with Gasteiger partial charge in [0.1, 0.15) is 0 Å². The van der Waals surface area contributed by atoms with Gasteiger partial charge in [-0.3, -0.25) is 4.79 Å². The lowest BCUT2D eigenvalue weighted by molar-refractivity contribution is -0.142. The third-order valence-electron chi connectivity index (χ3n) is 2.83. The van der Waals surface area contributed by atoms with Crippen LogP contribution in [0.4, 0.5) is 0 Å². The van der Waals surface area contributed by atoms with E-state index in [9.17, 15) is 4.79 Å². The highest BCUT2D eigenvalue weighted by Gasteiger charge is 2.26. The molecule has 2 unspecified atom stereocenters. The lowest BCUT2D eigenvalue weighted by Crippen LogP contribution is -2.49. The van der Waals surface area contributed by atoms with Gasteiger partial charge < -0.3 is 14.7 Å². The van der Waals surface area contributed by atoms with Crippen molar-refractivity contribution in [3.05, 3.63) is 27.4 Å². The van der Waals surface area contributed by atoms with Crippen molar-refractivity contribution in [1.82, 2.24) is 4.90 Å². The Bertz CT molecular complexity index is 474. The molecule has 0 bridgehead atoms. The first-order chi connectivity index (χ1) is 9.08. The van der Waals surface area contributed by atoms with E-state index in [0.29, 0.717) is 17.4 Å². The Morgan fingerprint density at radius 2 is 2.42 bits per heavy atom. The van der Waals surface area contributed by atoms with Gasteiger partial charge in [-0.05, 0) is 25.1 Å². The maximum atomic E-state index is 12.1. The summed E-state index contributed by atoms with van der Waals surface area (Å²) in [7, 11) is 0. The van der Waals surface area contributed by atoms with Gasteiger partial charge in [0.05, 0.1) is 23.2 Å². The van der Waals surface area contributed by atoms with E-state index in [-0.39, 0.29) is 24.7 Å². The molecule has 2 heterocycles. The van der Waals surface area contributed by atoms with Crippen LogP contribution in [0.15, 0.2) is 18.2 Å². The summed E-state index contributed by atoms with van der Waals surface area (Å²) in [5, 5.41) is 9.13. The Morgan fingerprint density at radius 3 is 3.05 bits per heavy atom. The molecule has 0 radical (unpaired) electrons. The zero-order chi connectivity index (χ0) is 13.8. The lowest BCUT2D eigenvalue weighted by atomic mass is 10.2. The second kappa shape index (κ2) is 6.52. The topological polar surface area (TPSA) is 49.8 Å². The van der Waals surface area contributed by atoms with E-state index >= 15 is 0 Å². The van der Waals surface area contributed by atoms with E-state index in [1.807, 2.05) is 13.0 Å². The maximum Gasteiger partial charge on any atom is 0.246 e. The predicted molar refractivity (Wildman–Crippen MR) is 76.4 cm³/mol. The molecule has 4 nitrogen and oxygen atoms in total. The van der Waals surface area contributed by atoms with E-state index in [1.54, 1.807) is 17.0 Å². The number of carbonyl (C=O) groups is 1. The van der Waals surface area contributed by atoms with Crippen LogP contribution in [0.3, 0.4) is 0 Å². The van der Waals surface area contributed by atoms with Crippen molar-refractivity contribution in [3.8, 4) is 0 Å². The van der Waals surface area contributed by atoms with Crippen LogP contribution in [0.25, 0.3) is 6.08 Å². The van der Waals surface area contributed by atoms with Gasteiger partial charge in [0.15, 0.2) is 0 Å². The summed E-state index contributed by atoms with van der Waals surface area (Å²) in [4.78, 5) is 14.7. The van der Waals surface area contributed by atoms with E-state index < -0.39 is 0 Å². The first kappa shape index (κ1) is 14.5. The first-order valence-electron chi connectivity index (χ1n) is 6.07. The zero-order valence-electron chi connectivity index (χ0n) is 10.6. The molecule has 1 aromatic heterocycles. The summed E-state index contributed by atoms with van der Waals surface area (Å²) in [6.45, 7) is 2.79. The minimum Gasteiger partial charge on any atom is -0.394 e. The van der Waals surface area contributed by atoms with Crippen molar-refractivity contribution in [2.24, 2.45) is 0 Å². The number of nitrogens with zero attached hydrogens (tertiary/aromatic N) is 1. The molecule has 1 aromatic rings. The number of thiophene rings is 1. The van der Waals surface area contributed by atoms with Crippen LogP contribution < -0.4 is 0 Å². The Balaban J connectivity index is 1.97. The Morgan fingerprint density at radius 1 is 1.63 bits per heavy atom. The molecule has 0 spiro atoms. The summed E-state index contributed by atoms with van der Waals surface area (Å²) >= 11 is 7.25. The summed E-state index contributed by atoms with van der Waals surface area (Å²) in [5.74, 6) is -0.0712. The standard InChI is InChI=1S/C13H16ClNO3S/c1-9-6-15(7-10(8-16)18-9)13(17)5-3-11-2-4-12(14)19-11/h2-5,9-10,16H,6-8H2,1H3/b5-3+. The summed E-state index contributed by atoms with van der Waals surface area (Å²) < 4.78 is 6.20. The van der Waals surface area contributed by atoms with Crippen LogP contribution in [-0.4, -0.2) is 47.8 Å². The number of aliphatic hydroxyl groups is 1. The van der Waals surface area contributed by atoms with Gasteiger partial charge in [0.25, 0.3) is 0 Å². The number of halogens is 1. The molecule has 0 aliphatic carbocycles. The predicted octanol–water partition coefficient (Wildman–Crippen LogP) is 2.02. The van der Waals surface area contributed by atoms with Crippen molar-refractivity contribution in [2.45, 2.75) is 19.1 Å². The molecular formula is C13H16ClNO3S. The average Bonchev–Trinajstić information content (AvgIpc) is 2.81. The third kappa shape index (κ3) is 4.04. The van der Waals surface area contributed by atoms with Crippen molar-refractivity contribution >= 4 is 34.9 Å². The van der Waals surface area contributed by atoms with Gasteiger partial charge in [-0.2, -0.15) is 0 Å². The van der Waals surface area contributed by atoms with E-state index in [4.69, 9.17) is 21.4 Å². The molecule has 19 heavy (non-hydrogen) atoms. The van der Waals surface area contributed by atoms with Crippen LogP contribution in [0, 0.1) is 0 Å². The lowest BCUT2D eigenvalue weighted by Gasteiger charge is -2.35. The fourth-order valence-corrected chi connectivity index (χ4v) is 2.97.